The van der Waals surface area contributed by atoms with Crippen LogP contribution in [0.1, 0.15) is 6.92 Å². The van der Waals surface area contributed by atoms with Gasteiger partial charge in [0.1, 0.15) is 0 Å². The van der Waals surface area contributed by atoms with Crippen molar-refractivity contribution in [2.75, 3.05) is 0 Å². The summed E-state index contributed by atoms with van der Waals surface area (Å²) >= 11 is 0. The van der Waals surface area contributed by atoms with Gasteiger partial charge in [0.2, 0.25) is 0 Å². The van der Waals surface area contributed by atoms with Gasteiger partial charge in [-0.15, -0.1) is 0 Å². The molecular weight excluding hydrogens is 218 g/mol. The summed E-state index contributed by atoms with van der Waals surface area (Å²) in [5, 5.41) is 0. The maximum atomic E-state index is 11.7. The third-order valence-electron chi connectivity index (χ3n) is 2.74. The number of imidazole rings is 1. The van der Waals surface area contributed by atoms with E-state index in [1.165, 1.54) is 6.07 Å². The van der Waals surface area contributed by atoms with Crippen molar-refractivity contribution in [3.05, 3.63) is 57.6 Å². The van der Waals surface area contributed by atoms with E-state index in [0.29, 0.717) is 19.6 Å². The van der Waals surface area contributed by atoms with Crippen molar-refractivity contribution in [1.82, 2.24) is 13.7 Å². The molecule has 0 atom stereocenters. The molecule has 0 radical (unpaired) electrons. The van der Waals surface area contributed by atoms with Crippen molar-refractivity contribution in [3.8, 4) is 0 Å². The summed E-state index contributed by atoms with van der Waals surface area (Å²) in [4.78, 5) is 23.2. The van der Waals surface area contributed by atoms with Crippen LogP contribution in [-0.4, -0.2) is 13.7 Å². The molecule has 2 aromatic rings. The summed E-state index contributed by atoms with van der Waals surface area (Å²) < 4.78 is 4.84. The molecule has 0 saturated heterocycles. The van der Waals surface area contributed by atoms with Gasteiger partial charge < -0.3 is 4.57 Å². The highest BCUT2D eigenvalue weighted by atomic mass is 16.1. The van der Waals surface area contributed by atoms with E-state index >= 15 is 0 Å². The van der Waals surface area contributed by atoms with Crippen molar-refractivity contribution in [2.45, 2.75) is 26.6 Å². The summed E-state index contributed by atoms with van der Waals surface area (Å²) in [5.41, 5.74) is -0.0769. The van der Waals surface area contributed by atoms with Gasteiger partial charge in [-0.05, 0) is 13.0 Å². The molecule has 5 heteroatoms. The molecule has 2 rings (SSSR count). The second kappa shape index (κ2) is 4.86. The van der Waals surface area contributed by atoms with E-state index in [4.69, 9.17) is 0 Å². The first-order valence-corrected chi connectivity index (χ1v) is 5.63. The highest BCUT2D eigenvalue weighted by Gasteiger charge is 2.01. The minimum Gasteiger partial charge on any atom is -0.314 e. The van der Waals surface area contributed by atoms with Gasteiger partial charge in [0, 0.05) is 44.3 Å². The number of aryl methyl sites for hydroxylation is 3. The Balaban J connectivity index is 2.13. The first-order chi connectivity index (χ1) is 8.22. The highest BCUT2D eigenvalue weighted by Crippen LogP contribution is 1.89. The molecule has 0 aliphatic rings. The molecule has 90 valence electrons. The van der Waals surface area contributed by atoms with Crippen LogP contribution < -0.4 is 11.2 Å². The van der Waals surface area contributed by atoms with E-state index < -0.39 is 0 Å². The lowest BCUT2D eigenvalue weighted by Crippen LogP contribution is -2.27. The first-order valence-electron chi connectivity index (χ1n) is 5.63. The third-order valence-corrected chi connectivity index (χ3v) is 2.74. The molecule has 0 aliphatic heterocycles. The van der Waals surface area contributed by atoms with Crippen LogP contribution in [0.2, 0.25) is 0 Å². The fraction of sp³-hybridized carbons (Fsp3) is 0.333. The molecule has 0 saturated carbocycles. The smallest absolute Gasteiger partial charge is 0.314 e. The highest BCUT2D eigenvalue weighted by molar-refractivity contribution is 4.93. The van der Waals surface area contributed by atoms with Gasteiger partial charge in [0.05, 0.1) is 0 Å². The molecule has 0 unspecified atom stereocenters. The second-order valence-electron chi connectivity index (χ2n) is 3.79. The molecule has 17 heavy (non-hydrogen) atoms. The summed E-state index contributed by atoms with van der Waals surface area (Å²) in [5.74, 6) is 0. The zero-order chi connectivity index (χ0) is 12.3. The molecule has 2 heterocycles. The maximum absolute atomic E-state index is 11.7. The molecule has 0 amide bonds. The van der Waals surface area contributed by atoms with Crippen molar-refractivity contribution in [2.24, 2.45) is 0 Å². The molecule has 5 nitrogen and oxygen atoms in total. The normalized spacial score (nSPS) is 10.6. The second-order valence-corrected chi connectivity index (χ2v) is 3.79. The lowest BCUT2D eigenvalue weighted by molar-refractivity contribution is 0.541. The Morgan fingerprint density at radius 1 is 0.941 bits per heavy atom. The van der Waals surface area contributed by atoms with E-state index in [1.807, 2.05) is 6.92 Å². The van der Waals surface area contributed by atoms with E-state index in [9.17, 15) is 9.59 Å². The summed E-state index contributed by atoms with van der Waals surface area (Å²) in [6.07, 6.45) is 5.24. The minimum atomic E-state index is -0.0459. The molecule has 0 spiro atoms. The Bertz CT molecular complexity index is 606. The summed E-state index contributed by atoms with van der Waals surface area (Å²) in [6.45, 7) is 3.60. The molecule has 0 fully saturated rings. The van der Waals surface area contributed by atoms with Crippen LogP contribution in [-0.2, 0) is 19.6 Å². The molecule has 0 aliphatic carbocycles. The summed E-state index contributed by atoms with van der Waals surface area (Å²) in [7, 11) is 0. The zero-order valence-corrected chi connectivity index (χ0v) is 9.74. The average Bonchev–Trinajstić information content (AvgIpc) is 2.69. The summed E-state index contributed by atoms with van der Waals surface area (Å²) in [6, 6.07) is 5.03. The number of nitrogens with zero attached hydrogens (tertiary/aromatic N) is 3. The first kappa shape index (κ1) is 11.4. The zero-order valence-electron chi connectivity index (χ0n) is 9.74. The maximum Gasteiger partial charge on any atom is 0.328 e. The molecule has 0 bridgehead atoms. The van der Waals surface area contributed by atoms with E-state index in [2.05, 4.69) is 0 Å². The van der Waals surface area contributed by atoms with Crippen LogP contribution in [0, 0.1) is 0 Å². The van der Waals surface area contributed by atoms with Gasteiger partial charge >= 0.3 is 5.69 Å². The SMILES string of the molecule is CCn1ccn(CCn2ccccc2=O)c1=O. The van der Waals surface area contributed by atoms with Gasteiger partial charge in [-0.1, -0.05) is 6.07 Å². The van der Waals surface area contributed by atoms with E-state index in [0.717, 1.165) is 0 Å². The number of pyridine rings is 1. The number of aromatic nitrogens is 3. The van der Waals surface area contributed by atoms with Crippen molar-refractivity contribution >= 4 is 0 Å². The fourth-order valence-corrected chi connectivity index (χ4v) is 1.73. The van der Waals surface area contributed by atoms with Crippen molar-refractivity contribution < 1.29 is 0 Å². The van der Waals surface area contributed by atoms with Crippen molar-refractivity contribution in [1.29, 1.82) is 0 Å². The monoisotopic (exact) mass is 233 g/mol. The standard InChI is InChI=1S/C12H15N3O2/c1-2-13-7-9-15(12(13)17)10-8-14-6-4-3-5-11(14)16/h3-7,9H,2,8,10H2,1H3. The predicted molar refractivity (Wildman–Crippen MR) is 65.1 cm³/mol. The lowest BCUT2D eigenvalue weighted by atomic mass is 10.4. The van der Waals surface area contributed by atoms with Crippen LogP contribution in [0.25, 0.3) is 0 Å². The van der Waals surface area contributed by atoms with Crippen molar-refractivity contribution in [3.63, 3.8) is 0 Å². The Kier molecular flexibility index (Phi) is 3.27. The average molecular weight is 233 g/mol. The van der Waals surface area contributed by atoms with Crippen LogP contribution in [0.4, 0.5) is 0 Å². The van der Waals surface area contributed by atoms with Crippen LogP contribution in [0.3, 0.4) is 0 Å². The quantitative estimate of drug-likeness (QED) is 0.773. The molecule has 0 aromatic carbocycles. The van der Waals surface area contributed by atoms with Crippen LogP contribution >= 0.6 is 0 Å². The van der Waals surface area contributed by atoms with Crippen LogP contribution in [0.15, 0.2) is 46.4 Å². The largest absolute Gasteiger partial charge is 0.328 e. The van der Waals surface area contributed by atoms with Gasteiger partial charge in [0.15, 0.2) is 0 Å². The van der Waals surface area contributed by atoms with Gasteiger partial charge in [-0.25, -0.2) is 4.79 Å². The molecule has 2 aromatic heterocycles. The third kappa shape index (κ3) is 2.38. The Labute approximate surface area is 98.5 Å². The Morgan fingerprint density at radius 3 is 2.29 bits per heavy atom. The fourth-order valence-electron chi connectivity index (χ4n) is 1.73. The van der Waals surface area contributed by atoms with Gasteiger partial charge in [0.25, 0.3) is 5.56 Å². The number of hydrogen-bond acceptors (Lipinski definition) is 2. The number of rotatable bonds is 4. The van der Waals surface area contributed by atoms with Crippen LogP contribution in [0.5, 0.6) is 0 Å². The molecule has 0 N–H and O–H groups in total. The molecular formula is C12H15N3O2. The topological polar surface area (TPSA) is 48.9 Å². The van der Waals surface area contributed by atoms with Gasteiger partial charge in [-0.2, -0.15) is 0 Å². The van der Waals surface area contributed by atoms with E-state index in [-0.39, 0.29) is 11.2 Å². The Hall–Kier alpha value is -2.04. The van der Waals surface area contributed by atoms with E-state index in [1.54, 1.807) is 44.4 Å². The van der Waals surface area contributed by atoms with Gasteiger partial charge in [-0.3, -0.25) is 13.9 Å². The predicted octanol–water partition coefficient (Wildman–Crippen LogP) is 0.532. The lowest BCUT2D eigenvalue weighted by Gasteiger charge is -2.04. The minimum absolute atomic E-state index is 0.0310. The number of hydrogen-bond donors (Lipinski definition) is 0. The Morgan fingerprint density at radius 2 is 1.65 bits per heavy atom.